The molecule has 0 amide bonds. The summed E-state index contributed by atoms with van der Waals surface area (Å²) in [5.41, 5.74) is 5.54. The van der Waals surface area contributed by atoms with Crippen molar-refractivity contribution in [2.24, 2.45) is 0 Å². The Morgan fingerprint density at radius 1 is 0.659 bits per heavy atom. The Kier molecular flexibility index (Phi) is 20.2. The van der Waals surface area contributed by atoms with Crippen molar-refractivity contribution in [3.8, 4) is 34.3 Å². The second-order valence-electron chi connectivity index (χ2n) is 7.17. The zero-order valence-electron chi connectivity index (χ0n) is 22.0. The van der Waals surface area contributed by atoms with E-state index in [4.69, 9.17) is 20.3 Å². The van der Waals surface area contributed by atoms with Crippen molar-refractivity contribution in [2.45, 2.75) is 26.7 Å². The Hall–Kier alpha value is -4.24. The zero-order chi connectivity index (χ0) is 29.6. The molecule has 0 aliphatic rings. The van der Waals surface area contributed by atoms with Crippen molar-refractivity contribution in [3.05, 3.63) is 95.3 Å². The van der Waals surface area contributed by atoms with Crippen LogP contribution in [-0.4, -0.2) is 43.2 Å². The van der Waals surface area contributed by atoms with Crippen LogP contribution in [0.25, 0.3) is 33.6 Å². The number of ether oxygens (including phenoxy) is 2. The van der Waals surface area contributed by atoms with Gasteiger partial charge in [-0.05, 0) is 60.4 Å². The van der Waals surface area contributed by atoms with E-state index in [1.54, 1.807) is 24.3 Å². The molecule has 0 atom stereocenters. The van der Waals surface area contributed by atoms with Gasteiger partial charge in [0.1, 0.15) is 11.5 Å². The van der Waals surface area contributed by atoms with Crippen molar-refractivity contribution in [3.63, 3.8) is 0 Å². The monoisotopic (exact) mass is 674 g/mol. The van der Waals surface area contributed by atoms with Gasteiger partial charge in [-0.1, -0.05) is 38.3 Å². The minimum absolute atomic E-state index is 0. The fourth-order valence-corrected chi connectivity index (χ4v) is 3.03. The summed E-state index contributed by atoms with van der Waals surface area (Å²) in [7, 11) is 0. The van der Waals surface area contributed by atoms with E-state index >= 15 is 0 Å². The minimum atomic E-state index is 0. The van der Waals surface area contributed by atoms with Gasteiger partial charge in [0.05, 0.1) is 22.8 Å². The van der Waals surface area contributed by atoms with Crippen LogP contribution in [0.3, 0.4) is 0 Å². The first-order valence-corrected chi connectivity index (χ1v) is 12.4. The molecule has 10 nitrogen and oxygen atoms in total. The standard InChI is InChI=1S/C14H16N2.C12H8N2O4.2CNS.Ru/c1-3-11-5-7-15-13(9-11)14-10-12(4-2)6-8-16-14;15-7-17-9-1-3-13-11(5-9)12-6-10(18-8-16)2-4-14-12;2*2-1-3;/h5-10H,3-4H2,1-2H3;1-8H;;;/q;;2*-1;+2. The molecule has 0 aliphatic heterocycles. The Bertz CT molecular complexity index is 1340. The van der Waals surface area contributed by atoms with E-state index in [9.17, 15) is 9.59 Å². The first-order chi connectivity index (χ1) is 19.5. The maximum Gasteiger partial charge on any atom is 2.00 e. The van der Waals surface area contributed by atoms with Crippen LogP contribution in [0.15, 0.2) is 73.3 Å². The van der Waals surface area contributed by atoms with Crippen molar-refractivity contribution < 1.29 is 38.5 Å². The number of hydrogen-bond acceptors (Lipinski definition) is 10. The van der Waals surface area contributed by atoms with Gasteiger partial charge in [0.15, 0.2) is 0 Å². The average molecular weight is 674 g/mol. The number of carbonyl (C=O) groups is 2. The van der Waals surface area contributed by atoms with E-state index in [-0.39, 0.29) is 19.5 Å². The van der Waals surface area contributed by atoms with Crippen LogP contribution in [-0.2, 0) is 41.9 Å². The molecule has 0 aromatic carbocycles. The first-order valence-electron chi connectivity index (χ1n) is 11.6. The Morgan fingerprint density at radius 2 is 0.951 bits per heavy atom. The van der Waals surface area contributed by atoms with Gasteiger partial charge in [0, 0.05) is 36.9 Å². The van der Waals surface area contributed by atoms with Gasteiger partial charge < -0.3 is 20.3 Å². The number of carbonyl (C=O) groups excluding carboxylic acids is 2. The summed E-state index contributed by atoms with van der Waals surface area (Å²) in [6, 6.07) is 14.5. The van der Waals surface area contributed by atoms with E-state index in [0.29, 0.717) is 35.8 Å². The smallest absolute Gasteiger partial charge is 0.753 e. The molecule has 0 fully saturated rings. The number of hydrogen-bond donors (Lipinski definition) is 0. The van der Waals surface area contributed by atoms with E-state index in [1.165, 1.54) is 33.8 Å². The Morgan fingerprint density at radius 3 is 1.24 bits per heavy atom. The predicted molar refractivity (Wildman–Crippen MR) is 159 cm³/mol. The van der Waals surface area contributed by atoms with Crippen molar-refractivity contribution in [1.82, 2.24) is 19.9 Å². The van der Waals surface area contributed by atoms with Gasteiger partial charge in [-0.15, -0.1) is 0 Å². The van der Waals surface area contributed by atoms with Crippen LogP contribution >= 0.6 is 24.4 Å². The molecular formula is C28H24N6O4RuS2. The SMILES string of the molecule is CCc1ccnc(-c2cc(CC)ccn2)c1.O=COc1ccnc(-c2cc(OC=O)ccn2)c1.[N-]=C=S.[N-]=C=S.[Ru+2]. The van der Waals surface area contributed by atoms with Crippen LogP contribution in [0.2, 0.25) is 0 Å². The molecular weight excluding hydrogens is 650 g/mol. The summed E-state index contributed by atoms with van der Waals surface area (Å²) in [6.45, 7) is 4.96. The maximum atomic E-state index is 10.2. The summed E-state index contributed by atoms with van der Waals surface area (Å²) in [4.78, 5) is 37.4. The Balaban J connectivity index is 0.000000645. The summed E-state index contributed by atoms with van der Waals surface area (Å²) in [5, 5.41) is 16.9. The van der Waals surface area contributed by atoms with Gasteiger partial charge in [-0.25, -0.2) is 0 Å². The summed E-state index contributed by atoms with van der Waals surface area (Å²) in [5.74, 6) is 0.719. The normalized spacial score (nSPS) is 8.63. The van der Waals surface area contributed by atoms with Crippen LogP contribution in [0.5, 0.6) is 11.5 Å². The topological polar surface area (TPSA) is 149 Å². The average Bonchev–Trinajstić information content (AvgIpc) is 2.99. The third kappa shape index (κ3) is 14.1. The third-order valence-electron chi connectivity index (χ3n) is 4.82. The third-order valence-corrected chi connectivity index (χ3v) is 4.82. The number of aromatic nitrogens is 4. The summed E-state index contributed by atoms with van der Waals surface area (Å²) in [6.07, 6.45) is 8.75. The molecule has 13 heteroatoms. The molecule has 210 valence electrons. The second kappa shape index (κ2) is 22.6. The van der Waals surface area contributed by atoms with Gasteiger partial charge >= 0.3 is 19.5 Å². The maximum absolute atomic E-state index is 10.2. The van der Waals surface area contributed by atoms with E-state index in [0.717, 1.165) is 24.2 Å². The van der Waals surface area contributed by atoms with E-state index < -0.39 is 0 Å². The zero-order valence-corrected chi connectivity index (χ0v) is 25.4. The van der Waals surface area contributed by atoms with Crippen molar-refractivity contribution in [1.29, 1.82) is 0 Å². The molecule has 4 heterocycles. The minimum Gasteiger partial charge on any atom is -0.753 e. The van der Waals surface area contributed by atoms with E-state index in [2.05, 4.69) is 70.4 Å². The van der Waals surface area contributed by atoms with Crippen LogP contribution in [0.1, 0.15) is 25.0 Å². The number of isothiocyanates is 2. The fraction of sp³-hybridized carbons (Fsp3) is 0.143. The molecule has 0 saturated heterocycles. The number of aryl methyl sites for hydroxylation is 2. The second-order valence-corrected chi connectivity index (χ2v) is 7.54. The molecule has 4 aromatic rings. The molecule has 0 aliphatic carbocycles. The van der Waals surface area contributed by atoms with Crippen LogP contribution < -0.4 is 9.47 Å². The fourth-order valence-electron chi connectivity index (χ4n) is 3.03. The first kappa shape index (κ1) is 36.8. The largest absolute Gasteiger partial charge is 2.00 e. The number of rotatable bonds is 8. The van der Waals surface area contributed by atoms with Gasteiger partial charge in [0.25, 0.3) is 12.9 Å². The molecule has 0 unspecified atom stereocenters. The number of thiocarbonyl (C=S) groups is 2. The summed E-state index contributed by atoms with van der Waals surface area (Å²) >= 11 is 7.40. The Labute approximate surface area is 261 Å². The predicted octanol–water partition coefficient (Wildman–Crippen LogP) is 5.80. The van der Waals surface area contributed by atoms with Gasteiger partial charge in [-0.2, -0.15) is 10.3 Å². The molecule has 0 saturated carbocycles. The molecule has 4 rings (SSSR count). The molecule has 4 aromatic heterocycles. The molecule has 0 radical (unpaired) electrons. The molecule has 41 heavy (non-hydrogen) atoms. The molecule has 0 bridgehead atoms. The van der Waals surface area contributed by atoms with Gasteiger partial charge in [0.2, 0.25) is 0 Å². The quantitative estimate of drug-likeness (QED) is 0.0973. The van der Waals surface area contributed by atoms with E-state index in [1.807, 2.05) is 24.5 Å². The van der Waals surface area contributed by atoms with Crippen LogP contribution in [0.4, 0.5) is 0 Å². The summed E-state index contributed by atoms with van der Waals surface area (Å²) < 4.78 is 9.42. The number of nitrogens with zero attached hydrogens (tertiary/aromatic N) is 6. The van der Waals surface area contributed by atoms with Crippen molar-refractivity contribution in [2.75, 3.05) is 0 Å². The van der Waals surface area contributed by atoms with Crippen LogP contribution in [0, 0.1) is 0 Å². The number of pyridine rings is 4. The van der Waals surface area contributed by atoms with Gasteiger partial charge in [-0.3, -0.25) is 29.5 Å². The molecule has 0 N–H and O–H groups in total. The van der Waals surface area contributed by atoms with Crippen molar-refractivity contribution >= 4 is 47.7 Å². The molecule has 0 spiro atoms.